The number of hydrogen-bond acceptors (Lipinski definition) is 5. The molecule has 0 aromatic heterocycles. The van der Waals surface area contributed by atoms with Crippen LogP contribution in [0, 0.1) is 0 Å². The van der Waals surface area contributed by atoms with E-state index in [4.69, 9.17) is 4.74 Å². The minimum Gasteiger partial charge on any atom is -0.463 e. The number of esters is 2. The molecule has 0 heterocycles. The SMILES string of the molecule is CCOC(=O)COC(=O)c1ccc(N(C)CC)cc1. The van der Waals surface area contributed by atoms with Crippen molar-refractivity contribution in [1.29, 1.82) is 0 Å². The van der Waals surface area contributed by atoms with Crippen LogP contribution in [0.5, 0.6) is 0 Å². The van der Waals surface area contributed by atoms with Gasteiger partial charge < -0.3 is 14.4 Å². The lowest BCUT2D eigenvalue weighted by molar-refractivity contribution is -0.146. The van der Waals surface area contributed by atoms with Crippen LogP contribution in [0.3, 0.4) is 0 Å². The summed E-state index contributed by atoms with van der Waals surface area (Å²) in [5, 5.41) is 0. The number of nitrogens with zero attached hydrogens (tertiary/aromatic N) is 1. The van der Waals surface area contributed by atoms with Crippen molar-refractivity contribution in [3.63, 3.8) is 0 Å². The molecule has 5 nitrogen and oxygen atoms in total. The molecule has 0 saturated carbocycles. The number of ether oxygens (including phenoxy) is 2. The van der Waals surface area contributed by atoms with E-state index in [1.165, 1.54) is 0 Å². The third-order valence-electron chi connectivity index (χ3n) is 2.64. The minimum absolute atomic E-state index is 0.272. The van der Waals surface area contributed by atoms with Crippen LogP contribution in [0.25, 0.3) is 0 Å². The van der Waals surface area contributed by atoms with Crippen molar-refractivity contribution in [2.75, 3.05) is 31.7 Å². The molecule has 0 amide bonds. The zero-order valence-corrected chi connectivity index (χ0v) is 11.5. The van der Waals surface area contributed by atoms with Gasteiger partial charge in [-0.05, 0) is 38.1 Å². The fraction of sp³-hybridized carbons (Fsp3) is 0.429. The summed E-state index contributed by atoms with van der Waals surface area (Å²) in [4.78, 5) is 24.8. The van der Waals surface area contributed by atoms with Crippen molar-refractivity contribution in [3.8, 4) is 0 Å². The van der Waals surface area contributed by atoms with Crippen LogP contribution >= 0.6 is 0 Å². The first-order chi connectivity index (χ1) is 9.08. The summed E-state index contributed by atoms with van der Waals surface area (Å²) in [6.07, 6.45) is 0. The van der Waals surface area contributed by atoms with E-state index in [0.29, 0.717) is 5.56 Å². The molecule has 104 valence electrons. The molecule has 0 fully saturated rings. The molecule has 0 bridgehead atoms. The van der Waals surface area contributed by atoms with Gasteiger partial charge in [0.1, 0.15) is 0 Å². The van der Waals surface area contributed by atoms with Crippen molar-refractivity contribution < 1.29 is 19.1 Å². The van der Waals surface area contributed by atoms with E-state index < -0.39 is 11.9 Å². The highest BCUT2D eigenvalue weighted by atomic mass is 16.6. The van der Waals surface area contributed by atoms with E-state index in [0.717, 1.165) is 12.2 Å². The molecular weight excluding hydrogens is 246 g/mol. The first kappa shape index (κ1) is 15.0. The van der Waals surface area contributed by atoms with Crippen LogP contribution in [0.15, 0.2) is 24.3 Å². The molecule has 0 spiro atoms. The average Bonchev–Trinajstić information content (AvgIpc) is 2.44. The van der Waals surface area contributed by atoms with Crippen molar-refractivity contribution in [1.82, 2.24) is 0 Å². The van der Waals surface area contributed by atoms with Crippen LogP contribution in [-0.4, -0.2) is 38.7 Å². The maximum atomic E-state index is 11.7. The number of benzene rings is 1. The van der Waals surface area contributed by atoms with Crippen LogP contribution in [-0.2, 0) is 14.3 Å². The van der Waals surface area contributed by atoms with E-state index in [1.807, 2.05) is 31.0 Å². The Labute approximate surface area is 113 Å². The van der Waals surface area contributed by atoms with Gasteiger partial charge in [-0.3, -0.25) is 0 Å². The van der Waals surface area contributed by atoms with Crippen molar-refractivity contribution in [3.05, 3.63) is 29.8 Å². The fourth-order valence-corrected chi connectivity index (χ4v) is 1.45. The number of rotatable bonds is 6. The Bertz CT molecular complexity index is 428. The Morgan fingerprint density at radius 3 is 2.26 bits per heavy atom. The Hall–Kier alpha value is -2.04. The van der Waals surface area contributed by atoms with Crippen LogP contribution < -0.4 is 4.90 Å². The van der Waals surface area contributed by atoms with E-state index in [9.17, 15) is 9.59 Å². The molecule has 1 rings (SSSR count). The predicted molar refractivity (Wildman–Crippen MR) is 72.3 cm³/mol. The second kappa shape index (κ2) is 7.41. The van der Waals surface area contributed by atoms with Gasteiger partial charge >= 0.3 is 11.9 Å². The summed E-state index contributed by atoms with van der Waals surface area (Å²) in [6.45, 7) is 4.54. The van der Waals surface area contributed by atoms with E-state index in [2.05, 4.69) is 4.74 Å². The predicted octanol–water partition coefficient (Wildman–Crippen LogP) is 1.86. The topological polar surface area (TPSA) is 55.8 Å². The highest BCUT2D eigenvalue weighted by Crippen LogP contribution is 2.14. The third-order valence-corrected chi connectivity index (χ3v) is 2.64. The van der Waals surface area contributed by atoms with Crippen LogP contribution in [0.1, 0.15) is 24.2 Å². The van der Waals surface area contributed by atoms with Gasteiger partial charge in [0.25, 0.3) is 0 Å². The standard InChI is InChI=1S/C14H19NO4/c1-4-15(3)12-8-6-11(7-9-12)14(17)19-10-13(16)18-5-2/h6-9H,4-5,10H2,1-3H3. The maximum absolute atomic E-state index is 11.7. The largest absolute Gasteiger partial charge is 0.463 e. The zero-order valence-electron chi connectivity index (χ0n) is 11.5. The Morgan fingerprint density at radius 2 is 1.74 bits per heavy atom. The van der Waals surface area contributed by atoms with Gasteiger partial charge in [0.05, 0.1) is 12.2 Å². The summed E-state index contributed by atoms with van der Waals surface area (Å²) in [5.41, 5.74) is 1.43. The van der Waals surface area contributed by atoms with E-state index in [-0.39, 0.29) is 13.2 Å². The van der Waals surface area contributed by atoms with Crippen LogP contribution in [0.2, 0.25) is 0 Å². The molecule has 1 aromatic rings. The summed E-state index contributed by atoms with van der Waals surface area (Å²) < 4.78 is 9.51. The maximum Gasteiger partial charge on any atom is 0.344 e. The van der Waals surface area contributed by atoms with E-state index in [1.54, 1.807) is 19.1 Å². The molecule has 0 saturated heterocycles. The Kier molecular flexibility index (Phi) is 5.85. The number of carbonyl (C=O) groups is 2. The van der Waals surface area contributed by atoms with Gasteiger partial charge in [-0.15, -0.1) is 0 Å². The fourth-order valence-electron chi connectivity index (χ4n) is 1.45. The Morgan fingerprint density at radius 1 is 1.11 bits per heavy atom. The molecule has 1 aromatic carbocycles. The average molecular weight is 265 g/mol. The summed E-state index contributed by atoms with van der Waals surface area (Å²) >= 11 is 0. The van der Waals surface area contributed by atoms with Crippen molar-refractivity contribution >= 4 is 17.6 Å². The lowest BCUT2D eigenvalue weighted by Gasteiger charge is -2.16. The summed E-state index contributed by atoms with van der Waals surface area (Å²) in [5.74, 6) is -1.07. The normalized spacial score (nSPS) is 9.84. The molecule has 0 N–H and O–H groups in total. The first-order valence-electron chi connectivity index (χ1n) is 6.22. The van der Waals surface area contributed by atoms with Gasteiger partial charge in [0, 0.05) is 19.3 Å². The monoisotopic (exact) mass is 265 g/mol. The molecular formula is C14H19NO4. The first-order valence-corrected chi connectivity index (χ1v) is 6.22. The van der Waals surface area contributed by atoms with Gasteiger partial charge in [0.2, 0.25) is 0 Å². The number of hydrogen-bond donors (Lipinski definition) is 0. The molecule has 0 aliphatic heterocycles. The minimum atomic E-state index is -0.543. The van der Waals surface area contributed by atoms with Crippen LogP contribution in [0.4, 0.5) is 5.69 Å². The van der Waals surface area contributed by atoms with Gasteiger partial charge in [0.15, 0.2) is 6.61 Å². The van der Waals surface area contributed by atoms with Crippen molar-refractivity contribution in [2.45, 2.75) is 13.8 Å². The lowest BCUT2D eigenvalue weighted by atomic mass is 10.2. The summed E-state index contributed by atoms with van der Waals surface area (Å²) in [6, 6.07) is 7.03. The number of anilines is 1. The third kappa shape index (κ3) is 4.62. The quantitative estimate of drug-likeness (QED) is 0.735. The Balaban J connectivity index is 2.56. The van der Waals surface area contributed by atoms with Gasteiger partial charge in [-0.1, -0.05) is 0 Å². The summed E-state index contributed by atoms with van der Waals surface area (Å²) in [7, 11) is 1.97. The highest BCUT2D eigenvalue weighted by Gasteiger charge is 2.10. The molecule has 0 aliphatic rings. The second-order valence-corrected chi connectivity index (χ2v) is 3.94. The highest BCUT2D eigenvalue weighted by molar-refractivity contribution is 5.91. The smallest absolute Gasteiger partial charge is 0.344 e. The molecule has 0 unspecified atom stereocenters. The molecule has 19 heavy (non-hydrogen) atoms. The van der Waals surface area contributed by atoms with Gasteiger partial charge in [-0.2, -0.15) is 0 Å². The van der Waals surface area contributed by atoms with Crippen molar-refractivity contribution in [2.24, 2.45) is 0 Å². The van der Waals surface area contributed by atoms with Gasteiger partial charge in [-0.25, -0.2) is 9.59 Å². The van der Waals surface area contributed by atoms with E-state index >= 15 is 0 Å². The molecule has 0 radical (unpaired) electrons. The zero-order chi connectivity index (χ0) is 14.3. The second-order valence-electron chi connectivity index (χ2n) is 3.94. The number of carbonyl (C=O) groups excluding carboxylic acids is 2. The molecule has 5 heteroatoms. The molecule has 0 atom stereocenters. The molecule has 0 aliphatic carbocycles. The lowest BCUT2D eigenvalue weighted by Crippen LogP contribution is -2.17.